The molecule has 0 spiro atoms. The van der Waals surface area contributed by atoms with Crippen LogP contribution in [0.15, 0.2) is 27.6 Å². The second-order valence-electron chi connectivity index (χ2n) is 7.35. The van der Waals surface area contributed by atoms with E-state index in [1.807, 2.05) is 33.8 Å². The first-order valence-electron chi connectivity index (χ1n) is 8.24. The third kappa shape index (κ3) is 5.97. The van der Waals surface area contributed by atoms with E-state index in [4.69, 9.17) is 4.74 Å². The van der Waals surface area contributed by atoms with Gasteiger partial charge in [-0.2, -0.15) is 0 Å². The number of sulfonamides is 1. The molecule has 0 bridgehead atoms. The molecule has 2 rings (SSSR count). The van der Waals surface area contributed by atoms with Crippen LogP contribution in [-0.4, -0.2) is 44.1 Å². The SMILES string of the molecule is Cc1cc(Br)cc(S(=O)(=O)NC2CCCN(C(=O)OC(C)(C)C)C2)c1. The summed E-state index contributed by atoms with van der Waals surface area (Å²) in [5.74, 6) is 0. The average Bonchev–Trinajstić information content (AvgIpc) is 2.44. The molecule has 8 heteroatoms. The van der Waals surface area contributed by atoms with Crippen molar-refractivity contribution < 1.29 is 17.9 Å². The van der Waals surface area contributed by atoms with Gasteiger partial charge in [0.1, 0.15) is 5.60 Å². The predicted molar refractivity (Wildman–Crippen MR) is 100 cm³/mol. The van der Waals surface area contributed by atoms with Crippen molar-refractivity contribution in [1.82, 2.24) is 9.62 Å². The van der Waals surface area contributed by atoms with E-state index in [9.17, 15) is 13.2 Å². The van der Waals surface area contributed by atoms with Gasteiger partial charge >= 0.3 is 6.09 Å². The van der Waals surface area contributed by atoms with Crippen LogP contribution in [0.25, 0.3) is 0 Å². The summed E-state index contributed by atoms with van der Waals surface area (Å²) in [6, 6.07) is 4.72. The highest BCUT2D eigenvalue weighted by molar-refractivity contribution is 9.10. The largest absolute Gasteiger partial charge is 0.444 e. The van der Waals surface area contributed by atoms with E-state index in [0.717, 1.165) is 12.0 Å². The number of rotatable bonds is 3. The van der Waals surface area contributed by atoms with Crippen molar-refractivity contribution in [2.24, 2.45) is 0 Å². The van der Waals surface area contributed by atoms with Gasteiger partial charge in [0.2, 0.25) is 10.0 Å². The van der Waals surface area contributed by atoms with Crippen molar-refractivity contribution in [3.8, 4) is 0 Å². The number of hydrogen-bond acceptors (Lipinski definition) is 4. The van der Waals surface area contributed by atoms with Crippen LogP contribution in [0, 0.1) is 6.92 Å². The normalized spacial score (nSPS) is 18.9. The summed E-state index contributed by atoms with van der Waals surface area (Å²) in [5.41, 5.74) is 0.283. The zero-order valence-corrected chi connectivity index (χ0v) is 17.4. The summed E-state index contributed by atoms with van der Waals surface area (Å²) < 4.78 is 34.1. The van der Waals surface area contributed by atoms with Crippen molar-refractivity contribution in [1.29, 1.82) is 0 Å². The van der Waals surface area contributed by atoms with Crippen LogP contribution >= 0.6 is 15.9 Å². The lowest BCUT2D eigenvalue weighted by molar-refractivity contribution is 0.0195. The number of ether oxygens (including phenoxy) is 1. The molecule has 0 aliphatic carbocycles. The Bertz CT molecular complexity index is 723. The fourth-order valence-corrected chi connectivity index (χ4v) is 4.86. The van der Waals surface area contributed by atoms with Gasteiger partial charge in [0, 0.05) is 23.6 Å². The maximum atomic E-state index is 12.6. The first kappa shape index (κ1) is 20.2. The van der Waals surface area contributed by atoms with Crippen LogP contribution < -0.4 is 4.72 Å². The summed E-state index contributed by atoms with van der Waals surface area (Å²) >= 11 is 3.33. The molecule has 0 radical (unpaired) electrons. The van der Waals surface area contributed by atoms with Crippen molar-refractivity contribution in [2.45, 2.75) is 57.1 Å². The number of likely N-dealkylation sites (tertiary alicyclic amines) is 1. The van der Waals surface area contributed by atoms with Gasteiger partial charge in [0.25, 0.3) is 0 Å². The standard InChI is InChI=1S/C17H25BrN2O4S/c1-12-8-13(18)10-15(9-12)25(22,23)19-14-6-5-7-20(11-14)16(21)24-17(2,3)4/h8-10,14,19H,5-7,11H2,1-4H3. The molecule has 1 atom stereocenters. The topological polar surface area (TPSA) is 75.7 Å². The lowest BCUT2D eigenvalue weighted by Gasteiger charge is -2.34. The number of hydrogen-bond donors (Lipinski definition) is 1. The van der Waals surface area contributed by atoms with E-state index in [1.54, 1.807) is 17.0 Å². The first-order valence-corrected chi connectivity index (χ1v) is 10.5. The number of carbonyl (C=O) groups excluding carboxylic acids is 1. The molecule has 140 valence electrons. The predicted octanol–water partition coefficient (Wildman–Crippen LogP) is 3.44. The molecule has 6 nitrogen and oxygen atoms in total. The Hall–Kier alpha value is -1.12. The van der Waals surface area contributed by atoms with Gasteiger partial charge in [-0.15, -0.1) is 0 Å². The van der Waals surface area contributed by atoms with E-state index >= 15 is 0 Å². The molecule has 1 aliphatic heterocycles. The van der Waals surface area contributed by atoms with E-state index in [2.05, 4.69) is 20.7 Å². The average molecular weight is 433 g/mol. The third-order valence-electron chi connectivity index (χ3n) is 3.72. The number of nitrogens with one attached hydrogen (secondary N) is 1. The van der Waals surface area contributed by atoms with Crippen LogP contribution in [0.3, 0.4) is 0 Å². The molecule has 1 aromatic carbocycles. The van der Waals surface area contributed by atoms with E-state index in [-0.39, 0.29) is 10.9 Å². The molecule has 1 fully saturated rings. The highest BCUT2D eigenvalue weighted by Crippen LogP contribution is 2.21. The van der Waals surface area contributed by atoms with E-state index in [1.165, 1.54) is 0 Å². The zero-order chi connectivity index (χ0) is 18.8. The van der Waals surface area contributed by atoms with Crippen LogP contribution in [0.4, 0.5) is 4.79 Å². The molecule has 1 aliphatic rings. The lowest BCUT2D eigenvalue weighted by Crippen LogP contribution is -2.50. The summed E-state index contributed by atoms with van der Waals surface area (Å²) in [4.78, 5) is 14.0. The van der Waals surface area contributed by atoms with Crippen molar-refractivity contribution in [3.05, 3.63) is 28.2 Å². The van der Waals surface area contributed by atoms with Crippen molar-refractivity contribution >= 4 is 32.0 Å². The Morgan fingerprint density at radius 3 is 2.60 bits per heavy atom. The minimum Gasteiger partial charge on any atom is -0.444 e. The summed E-state index contributed by atoms with van der Waals surface area (Å²) in [7, 11) is -3.65. The molecular weight excluding hydrogens is 408 g/mol. The molecule has 1 unspecified atom stereocenters. The quantitative estimate of drug-likeness (QED) is 0.793. The van der Waals surface area contributed by atoms with Gasteiger partial charge in [-0.3, -0.25) is 0 Å². The molecule has 1 N–H and O–H groups in total. The second-order valence-corrected chi connectivity index (χ2v) is 9.98. The molecule has 1 amide bonds. The number of nitrogens with zero attached hydrogens (tertiary/aromatic N) is 1. The Labute approximate surface area is 158 Å². The van der Waals surface area contributed by atoms with Crippen LogP contribution in [0.2, 0.25) is 0 Å². The molecule has 0 aromatic heterocycles. The minimum atomic E-state index is -3.65. The fourth-order valence-electron chi connectivity index (χ4n) is 2.71. The number of carbonyl (C=O) groups is 1. The highest BCUT2D eigenvalue weighted by Gasteiger charge is 2.30. The number of aryl methyl sites for hydroxylation is 1. The molecule has 1 saturated heterocycles. The molecule has 25 heavy (non-hydrogen) atoms. The maximum Gasteiger partial charge on any atom is 0.410 e. The van der Waals surface area contributed by atoms with Gasteiger partial charge in [-0.25, -0.2) is 17.9 Å². The van der Waals surface area contributed by atoms with Crippen LogP contribution in [0.1, 0.15) is 39.2 Å². The smallest absolute Gasteiger partial charge is 0.410 e. The Kier molecular flexibility index (Phi) is 6.17. The van der Waals surface area contributed by atoms with E-state index < -0.39 is 21.7 Å². The Morgan fingerprint density at radius 2 is 2.00 bits per heavy atom. The van der Waals surface area contributed by atoms with Gasteiger partial charge in [-0.05, 0) is 64.3 Å². The third-order valence-corrected chi connectivity index (χ3v) is 5.68. The summed E-state index contributed by atoms with van der Waals surface area (Å²) in [6.07, 6.45) is 1.00. The number of piperidine rings is 1. The monoisotopic (exact) mass is 432 g/mol. The second kappa shape index (κ2) is 7.63. The zero-order valence-electron chi connectivity index (χ0n) is 15.0. The molecule has 0 saturated carbocycles. The van der Waals surface area contributed by atoms with Crippen molar-refractivity contribution in [2.75, 3.05) is 13.1 Å². The fraction of sp³-hybridized carbons (Fsp3) is 0.588. The highest BCUT2D eigenvalue weighted by atomic mass is 79.9. The van der Waals surface area contributed by atoms with Crippen molar-refractivity contribution in [3.63, 3.8) is 0 Å². The summed E-state index contributed by atoms with van der Waals surface area (Å²) in [6.45, 7) is 8.15. The Balaban J connectivity index is 2.07. The molecule has 1 heterocycles. The van der Waals surface area contributed by atoms with Gasteiger partial charge in [-0.1, -0.05) is 15.9 Å². The van der Waals surface area contributed by atoms with E-state index in [0.29, 0.717) is 24.0 Å². The minimum absolute atomic E-state index is 0.216. The lowest BCUT2D eigenvalue weighted by atomic mass is 10.1. The van der Waals surface area contributed by atoms with Crippen LogP contribution in [-0.2, 0) is 14.8 Å². The molecule has 1 aromatic rings. The number of benzene rings is 1. The van der Waals surface area contributed by atoms with Crippen LogP contribution in [0.5, 0.6) is 0 Å². The Morgan fingerprint density at radius 1 is 1.32 bits per heavy atom. The number of amides is 1. The maximum absolute atomic E-state index is 12.6. The summed E-state index contributed by atoms with van der Waals surface area (Å²) in [5, 5.41) is 0. The first-order chi connectivity index (χ1) is 11.5. The number of halogens is 1. The molecular formula is C17H25BrN2O4S. The van der Waals surface area contributed by atoms with Gasteiger partial charge < -0.3 is 9.64 Å². The van der Waals surface area contributed by atoms with Gasteiger partial charge in [0.05, 0.1) is 4.90 Å². The van der Waals surface area contributed by atoms with Gasteiger partial charge in [0.15, 0.2) is 0 Å².